The number of sulfonamides is 1. The average Bonchev–Trinajstić information content (AvgIpc) is 3.15. The van der Waals surface area contributed by atoms with Crippen molar-refractivity contribution in [2.75, 3.05) is 38.3 Å². The molecule has 41 heavy (non-hydrogen) atoms. The molecule has 4 N–H and O–H groups in total. The van der Waals surface area contributed by atoms with Crippen molar-refractivity contribution in [1.82, 2.24) is 4.90 Å². The zero-order valence-corrected chi connectivity index (χ0v) is 26.4. The third-order valence-electron chi connectivity index (χ3n) is 6.27. The lowest BCUT2D eigenvalue weighted by molar-refractivity contribution is -0.118. The Morgan fingerprint density at radius 1 is 1.15 bits per heavy atom. The maximum absolute atomic E-state index is 15.2. The molecule has 2 aromatic carbocycles. The van der Waals surface area contributed by atoms with E-state index < -0.39 is 32.9 Å². The first-order valence-corrected chi connectivity index (χ1v) is 14.3. The number of rotatable bonds is 12. The van der Waals surface area contributed by atoms with E-state index in [4.69, 9.17) is 25.4 Å². The van der Waals surface area contributed by atoms with Crippen molar-refractivity contribution in [3.63, 3.8) is 0 Å². The number of hydrogen-bond acceptors (Lipinski definition) is 8. The SMILES string of the molecule is Br.COc1cc2c(c(F)c1OC)C(=N)N(CC(=O)c1cc(NS(C)(=O)=O)c(OCCCC(N)=O)c(C(C)(C)C)c1)C2. The van der Waals surface area contributed by atoms with Crippen LogP contribution in [0.4, 0.5) is 10.1 Å². The third-order valence-corrected chi connectivity index (χ3v) is 6.86. The second-order valence-corrected chi connectivity index (χ2v) is 12.3. The molecule has 3 rings (SSSR count). The van der Waals surface area contributed by atoms with E-state index in [0.717, 1.165) is 6.26 Å². The Bertz CT molecular complexity index is 1460. The van der Waals surface area contributed by atoms with Gasteiger partial charge in [0.25, 0.3) is 0 Å². The number of fused-ring (bicyclic) bond motifs is 1. The van der Waals surface area contributed by atoms with Crippen LogP contribution in [-0.4, -0.2) is 64.5 Å². The minimum absolute atomic E-state index is 0. The number of primary amides is 1. The van der Waals surface area contributed by atoms with Crippen LogP contribution in [0.15, 0.2) is 18.2 Å². The summed E-state index contributed by atoms with van der Waals surface area (Å²) in [5.74, 6) is -1.54. The number of halogens is 2. The Hall–Kier alpha value is -3.39. The molecule has 1 amide bonds. The van der Waals surface area contributed by atoms with Crippen LogP contribution in [0.3, 0.4) is 0 Å². The van der Waals surface area contributed by atoms with Gasteiger partial charge in [0.1, 0.15) is 11.6 Å². The van der Waals surface area contributed by atoms with Gasteiger partial charge in [-0.15, -0.1) is 17.0 Å². The van der Waals surface area contributed by atoms with Gasteiger partial charge in [0, 0.05) is 24.1 Å². The van der Waals surface area contributed by atoms with Gasteiger partial charge >= 0.3 is 0 Å². The number of methoxy groups -OCH3 is 2. The average molecular weight is 660 g/mol. The number of nitrogens with two attached hydrogens (primary N) is 1. The number of hydrogen-bond donors (Lipinski definition) is 3. The van der Waals surface area contributed by atoms with Crippen molar-refractivity contribution in [2.24, 2.45) is 5.73 Å². The highest BCUT2D eigenvalue weighted by Crippen LogP contribution is 2.41. The Morgan fingerprint density at radius 2 is 1.80 bits per heavy atom. The Morgan fingerprint density at radius 3 is 2.34 bits per heavy atom. The van der Waals surface area contributed by atoms with Crippen molar-refractivity contribution < 1.29 is 36.6 Å². The fraction of sp³-hybridized carbons (Fsp3) is 0.444. The van der Waals surface area contributed by atoms with Crippen LogP contribution >= 0.6 is 17.0 Å². The summed E-state index contributed by atoms with van der Waals surface area (Å²) < 4.78 is 58.2. The molecule has 226 valence electrons. The second-order valence-electron chi connectivity index (χ2n) is 10.5. The number of anilines is 1. The summed E-state index contributed by atoms with van der Waals surface area (Å²) in [5, 5.41) is 8.54. The summed E-state index contributed by atoms with van der Waals surface area (Å²) in [6.45, 7) is 5.57. The number of nitrogens with one attached hydrogen (secondary N) is 2. The lowest BCUT2D eigenvalue weighted by Gasteiger charge is -2.26. The van der Waals surface area contributed by atoms with Gasteiger partial charge < -0.3 is 24.8 Å². The molecule has 14 heteroatoms. The molecule has 0 fully saturated rings. The molecule has 0 bridgehead atoms. The lowest BCUT2D eigenvalue weighted by atomic mass is 9.84. The van der Waals surface area contributed by atoms with Gasteiger partial charge in [0.2, 0.25) is 15.9 Å². The van der Waals surface area contributed by atoms with Gasteiger partial charge in [-0.1, -0.05) is 20.8 Å². The topological polar surface area (TPSA) is 161 Å². The van der Waals surface area contributed by atoms with E-state index >= 15 is 4.39 Å². The molecule has 1 heterocycles. The number of Topliss-reactive ketones (excluding diaryl/α,β-unsaturated/α-hetero) is 1. The van der Waals surface area contributed by atoms with Crippen molar-refractivity contribution in [3.8, 4) is 17.2 Å². The van der Waals surface area contributed by atoms with E-state index in [0.29, 0.717) is 17.5 Å². The van der Waals surface area contributed by atoms with Crippen LogP contribution in [0.5, 0.6) is 17.2 Å². The second kappa shape index (κ2) is 13.1. The Labute approximate surface area is 249 Å². The molecule has 0 aliphatic carbocycles. The summed E-state index contributed by atoms with van der Waals surface area (Å²) in [5.41, 5.74) is 5.94. The summed E-state index contributed by atoms with van der Waals surface area (Å²) in [6, 6.07) is 4.58. The largest absolute Gasteiger partial charge is 0.493 e. The van der Waals surface area contributed by atoms with E-state index in [1.165, 1.54) is 25.2 Å². The predicted molar refractivity (Wildman–Crippen MR) is 159 cm³/mol. The molecule has 1 aliphatic rings. The van der Waals surface area contributed by atoms with Crippen LogP contribution in [-0.2, 0) is 26.8 Å². The number of carbonyl (C=O) groups excluding carboxylic acids is 2. The van der Waals surface area contributed by atoms with Crippen LogP contribution in [0, 0.1) is 11.2 Å². The first kappa shape index (κ1) is 33.8. The van der Waals surface area contributed by atoms with Gasteiger partial charge in [-0.25, -0.2) is 12.8 Å². The van der Waals surface area contributed by atoms with E-state index in [2.05, 4.69) is 4.72 Å². The van der Waals surface area contributed by atoms with Gasteiger partial charge in [-0.3, -0.25) is 19.7 Å². The van der Waals surface area contributed by atoms with Crippen molar-refractivity contribution in [3.05, 3.63) is 46.3 Å². The van der Waals surface area contributed by atoms with Crippen LogP contribution < -0.4 is 24.7 Å². The highest BCUT2D eigenvalue weighted by molar-refractivity contribution is 8.93. The number of ketones is 1. The fourth-order valence-corrected chi connectivity index (χ4v) is 4.97. The standard InChI is InChI=1S/C27H35FN4O7S.BrH/c1-27(2,3)17-10-15(11-18(31-40(6,35)36)24(17)39-9-7-8-21(29)34)19(33)14-32-13-16-12-20(37-4)25(38-5)23(28)22(16)26(32)30;/h10-12,30-31H,7-9,13-14H2,1-6H3,(H2,29,34);1H. The minimum atomic E-state index is -3.76. The lowest BCUT2D eigenvalue weighted by Crippen LogP contribution is -2.31. The number of amidine groups is 1. The molecule has 11 nitrogen and oxygen atoms in total. The van der Waals surface area contributed by atoms with E-state index in [-0.39, 0.29) is 83.0 Å². The monoisotopic (exact) mass is 658 g/mol. The minimum Gasteiger partial charge on any atom is -0.493 e. The number of nitrogens with zero attached hydrogens (tertiary/aromatic N) is 1. The van der Waals surface area contributed by atoms with E-state index in [1.54, 1.807) is 12.1 Å². The van der Waals surface area contributed by atoms with Gasteiger partial charge in [-0.2, -0.15) is 0 Å². The Balaban J connectivity index is 0.00000588. The molecular formula is C27H36BrFN4O7S. The molecule has 0 spiro atoms. The van der Waals surface area contributed by atoms with Crippen LogP contribution in [0.1, 0.15) is 60.7 Å². The predicted octanol–water partition coefficient (Wildman–Crippen LogP) is 3.76. The van der Waals surface area contributed by atoms with Gasteiger partial charge in [0.15, 0.2) is 23.1 Å². The normalized spacial score (nSPS) is 12.9. The van der Waals surface area contributed by atoms with Crippen LogP contribution in [0.2, 0.25) is 0 Å². The molecule has 2 aromatic rings. The zero-order valence-electron chi connectivity index (χ0n) is 23.8. The summed E-state index contributed by atoms with van der Waals surface area (Å²) >= 11 is 0. The third kappa shape index (κ3) is 7.88. The molecule has 0 aromatic heterocycles. The van der Waals surface area contributed by atoms with Crippen molar-refractivity contribution >= 4 is 50.2 Å². The fourth-order valence-electron chi connectivity index (χ4n) is 4.42. The van der Waals surface area contributed by atoms with Gasteiger partial charge in [0.05, 0.1) is 44.9 Å². The van der Waals surface area contributed by atoms with Crippen LogP contribution in [0.25, 0.3) is 0 Å². The van der Waals surface area contributed by atoms with Crippen molar-refractivity contribution in [1.29, 1.82) is 5.41 Å². The quantitative estimate of drug-likeness (QED) is 0.229. The van der Waals surface area contributed by atoms with Crippen molar-refractivity contribution in [2.45, 2.75) is 45.6 Å². The molecule has 0 unspecified atom stereocenters. The molecule has 0 radical (unpaired) electrons. The molecule has 0 atom stereocenters. The highest BCUT2D eigenvalue weighted by Gasteiger charge is 2.33. The first-order chi connectivity index (χ1) is 18.6. The number of ether oxygens (including phenoxy) is 3. The summed E-state index contributed by atoms with van der Waals surface area (Å²) in [6.07, 6.45) is 1.40. The highest BCUT2D eigenvalue weighted by atomic mass is 79.9. The smallest absolute Gasteiger partial charge is 0.229 e. The molecular weight excluding hydrogens is 623 g/mol. The van der Waals surface area contributed by atoms with E-state index in [1.807, 2.05) is 20.8 Å². The Kier molecular flexibility index (Phi) is 10.8. The zero-order chi connectivity index (χ0) is 30.0. The summed E-state index contributed by atoms with van der Waals surface area (Å²) in [7, 11) is -1.08. The molecule has 0 saturated carbocycles. The maximum Gasteiger partial charge on any atom is 0.229 e. The number of benzene rings is 2. The number of carbonyl (C=O) groups is 2. The summed E-state index contributed by atoms with van der Waals surface area (Å²) in [4.78, 5) is 26.1. The number of amides is 1. The van der Waals surface area contributed by atoms with E-state index in [9.17, 15) is 18.0 Å². The maximum atomic E-state index is 15.2. The first-order valence-electron chi connectivity index (χ1n) is 12.4. The molecule has 1 aliphatic heterocycles. The van der Waals surface area contributed by atoms with Gasteiger partial charge in [-0.05, 0) is 35.6 Å². The molecule has 0 saturated heterocycles.